The number of carbonyl (C=O) groups excluding carboxylic acids is 2. The highest BCUT2D eigenvalue weighted by atomic mass is 79.9. The molecule has 0 saturated carbocycles. The second-order valence-corrected chi connectivity index (χ2v) is 11.4. The summed E-state index contributed by atoms with van der Waals surface area (Å²) in [6, 6.07) is 11.1. The Kier molecular flexibility index (Phi) is 6.67. The van der Waals surface area contributed by atoms with Crippen LogP contribution in [0.2, 0.25) is 5.02 Å². The van der Waals surface area contributed by atoms with Crippen molar-refractivity contribution in [1.29, 1.82) is 0 Å². The number of hydrogen-bond acceptors (Lipinski definition) is 4. The Labute approximate surface area is 235 Å². The van der Waals surface area contributed by atoms with Crippen molar-refractivity contribution in [1.82, 2.24) is 5.32 Å². The Bertz CT molecular complexity index is 1550. The van der Waals surface area contributed by atoms with Crippen LogP contribution in [-0.2, 0) is 19.8 Å². The third-order valence-corrected chi connectivity index (χ3v) is 7.98. The number of amides is 2. The van der Waals surface area contributed by atoms with Crippen LogP contribution in [0.3, 0.4) is 0 Å². The van der Waals surface area contributed by atoms with Gasteiger partial charge in [0.15, 0.2) is 5.60 Å². The maximum absolute atomic E-state index is 15.3. The normalized spacial score (nSPS) is 22.3. The number of carboxylic acids is 1. The Hall–Kier alpha value is -3.50. The number of fused-ring (bicyclic) bond motifs is 2. The fraction of sp³-hybridized carbons (Fsp3) is 0.250. The molecule has 3 aromatic rings. The Balaban J connectivity index is 1.82. The van der Waals surface area contributed by atoms with Gasteiger partial charge < -0.3 is 20.5 Å². The monoisotopic (exact) mass is 618 g/mol. The molecule has 2 heterocycles. The smallest absolute Gasteiger partial charge is 0.347 e. The lowest BCUT2D eigenvalue weighted by Gasteiger charge is -2.46. The summed E-state index contributed by atoms with van der Waals surface area (Å²) in [6.45, 7) is 2.74. The van der Waals surface area contributed by atoms with Gasteiger partial charge in [-0.3, -0.25) is 9.59 Å². The molecule has 2 aliphatic rings. The van der Waals surface area contributed by atoms with Gasteiger partial charge in [0.25, 0.3) is 0 Å². The molecule has 0 aromatic heterocycles. The van der Waals surface area contributed by atoms with Gasteiger partial charge in [-0.15, -0.1) is 0 Å². The summed E-state index contributed by atoms with van der Waals surface area (Å²) < 4.78 is 36.2. The van der Waals surface area contributed by atoms with E-state index in [1.807, 2.05) is 0 Å². The summed E-state index contributed by atoms with van der Waals surface area (Å²) in [4.78, 5) is 39.2. The largest absolute Gasteiger partial charge is 0.478 e. The third-order valence-electron chi connectivity index (χ3n) is 7.25. The number of nitrogens with one attached hydrogen (secondary N) is 2. The molecule has 11 heteroatoms. The lowest BCUT2D eigenvalue weighted by atomic mass is 9.59. The van der Waals surface area contributed by atoms with Gasteiger partial charge in [-0.05, 0) is 67.9 Å². The standard InChI is InChI=1S/C28H22BrClF2N2O5/c1-27(2,26(37)38)39-22-8-3-13(29)9-16(22)19-12-23(35)34-24(17-11-15(31)5-7-20(17)32)28(19)18-6-4-14(30)10-21(18)33-25(28)36/h3-11,19,24H,12H2,1-2H3,(H,33,36)(H,34,35)(H,37,38). The molecule has 0 radical (unpaired) electrons. The van der Waals surface area contributed by atoms with E-state index in [1.165, 1.54) is 19.9 Å². The zero-order chi connectivity index (χ0) is 28.3. The number of halogens is 4. The molecular weight excluding hydrogens is 598 g/mol. The van der Waals surface area contributed by atoms with Crippen LogP contribution in [0.15, 0.2) is 59.1 Å². The minimum Gasteiger partial charge on any atom is -0.478 e. The maximum Gasteiger partial charge on any atom is 0.347 e. The fourth-order valence-electron chi connectivity index (χ4n) is 5.46. The van der Waals surface area contributed by atoms with Gasteiger partial charge in [0, 0.05) is 38.6 Å². The molecule has 39 heavy (non-hydrogen) atoms. The second-order valence-electron chi connectivity index (χ2n) is 10.0. The first-order chi connectivity index (χ1) is 18.3. The fourth-order valence-corrected chi connectivity index (χ4v) is 6.01. The molecule has 3 unspecified atom stereocenters. The van der Waals surface area contributed by atoms with E-state index in [9.17, 15) is 23.9 Å². The van der Waals surface area contributed by atoms with E-state index in [4.69, 9.17) is 16.3 Å². The van der Waals surface area contributed by atoms with Crippen LogP contribution in [0.4, 0.5) is 14.5 Å². The summed E-state index contributed by atoms with van der Waals surface area (Å²) in [5.74, 6) is -4.74. The average molecular weight is 620 g/mol. The molecule has 2 aliphatic heterocycles. The van der Waals surface area contributed by atoms with E-state index in [0.29, 0.717) is 26.3 Å². The summed E-state index contributed by atoms with van der Waals surface area (Å²) in [7, 11) is 0. The van der Waals surface area contributed by atoms with E-state index < -0.39 is 52.4 Å². The number of rotatable bonds is 5. The number of aliphatic carboxylic acids is 1. The van der Waals surface area contributed by atoms with Crippen molar-refractivity contribution < 1.29 is 33.0 Å². The molecule has 3 atom stereocenters. The van der Waals surface area contributed by atoms with Gasteiger partial charge in [-0.1, -0.05) is 33.6 Å². The molecule has 5 rings (SSSR count). The van der Waals surface area contributed by atoms with E-state index in [0.717, 1.165) is 18.2 Å². The van der Waals surface area contributed by atoms with Gasteiger partial charge in [0.1, 0.15) is 22.8 Å². The van der Waals surface area contributed by atoms with Crippen molar-refractivity contribution in [2.75, 3.05) is 5.32 Å². The van der Waals surface area contributed by atoms with E-state index in [-0.39, 0.29) is 17.7 Å². The highest BCUT2D eigenvalue weighted by molar-refractivity contribution is 9.10. The minimum absolute atomic E-state index is 0.123. The van der Waals surface area contributed by atoms with E-state index in [2.05, 4.69) is 26.6 Å². The van der Waals surface area contributed by atoms with Gasteiger partial charge in [0.2, 0.25) is 11.8 Å². The lowest BCUT2D eigenvalue weighted by molar-refractivity contribution is -0.152. The molecule has 3 N–H and O–H groups in total. The molecule has 1 saturated heterocycles. The minimum atomic E-state index is -1.69. The molecule has 1 spiro atoms. The number of hydrogen-bond donors (Lipinski definition) is 3. The maximum atomic E-state index is 15.3. The number of carboxylic acid groups (broad SMARTS) is 1. The number of piperidine rings is 1. The van der Waals surface area contributed by atoms with Gasteiger partial charge >= 0.3 is 5.97 Å². The molecule has 7 nitrogen and oxygen atoms in total. The topological polar surface area (TPSA) is 105 Å². The van der Waals surface area contributed by atoms with Crippen LogP contribution in [0.5, 0.6) is 5.75 Å². The quantitative estimate of drug-likeness (QED) is 0.332. The SMILES string of the molecule is CC(C)(Oc1ccc(Br)cc1C1CC(=O)NC(c2cc(F)ccc2F)C12C(=O)Nc1cc(Cl)ccc12)C(=O)O. The number of anilines is 1. The number of benzene rings is 3. The molecule has 1 fully saturated rings. The van der Waals surface area contributed by atoms with Crippen LogP contribution in [0, 0.1) is 11.6 Å². The second kappa shape index (κ2) is 9.60. The predicted octanol–water partition coefficient (Wildman–Crippen LogP) is 5.86. The van der Waals surface area contributed by atoms with Gasteiger partial charge in [-0.2, -0.15) is 0 Å². The first-order valence-electron chi connectivity index (χ1n) is 11.9. The molecule has 3 aromatic carbocycles. The van der Waals surface area contributed by atoms with Gasteiger partial charge in [-0.25, -0.2) is 13.6 Å². The van der Waals surface area contributed by atoms with Gasteiger partial charge in [0.05, 0.1) is 6.04 Å². The van der Waals surface area contributed by atoms with Crippen LogP contribution >= 0.6 is 27.5 Å². The summed E-state index contributed by atoms with van der Waals surface area (Å²) >= 11 is 9.63. The number of ether oxygens (including phenoxy) is 1. The molecular formula is C28H22BrClF2N2O5. The first-order valence-corrected chi connectivity index (χ1v) is 13.1. The zero-order valence-electron chi connectivity index (χ0n) is 20.7. The van der Waals surface area contributed by atoms with Crippen molar-refractivity contribution in [3.05, 3.63) is 92.4 Å². The Morgan fingerprint density at radius 1 is 1.10 bits per heavy atom. The summed E-state index contributed by atoms with van der Waals surface area (Å²) in [5.41, 5.74) is -2.45. The highest BCUT2D eigenvalue weighted by Crippen LogP contribution is 2.59. The van der Waals surface area contributed by atoms with Crippen LogP contribution in [-0.4, -0.2) is 28.5 Å². The van der Waals surface area contributed by atoms with Crippen LogP contribution < -0.4 is 15.4 Å². The van der Waals surface area contributed by atoms with E-state index in [1.54, 1.807) is 30.3 Å². The van der Waals surface area contributed by atoms with E-state index >= 15 is 4.39 Å². The average Bonchev–Trinajstić information content (AvgIpc) is 3.14. The Morgan fingerprint density at radius 3 is 2.56 bits per heavy atom. The van der Waals surface area contributed by atoms with Crippen molar-refractivity contribution in [3.63, 3.8) is 0 Å². The molecule has 0 aliphatic carbocycles. The molecule has 0 bridgehead atoms. The number of carbonyl (C=O) groups is 3. The van der Waals surface area contributed by atoms with Crippen LogP contribution in [0.25, 0.3) is 0 Å². The lowest BCUT2D eigenvalue weighted by Crippen LogP contribution is -2.57. The summed E-state index contributed by atoms with van der Waals surface area (Å²) in [6.07, 6.45) is -0.233. The van der Waals surface area contributed by atoms with Crippen LogP contribution in [0.1, 0.15) is 48.9 Å². The van der Waals surface area contributed by atoms with Crippen molar-refractivity contribution in [2.45, 2.75) is 43.2 Å². The summed E-state index contributed by atoms with van der Waals surface area (Å²) in [5, 5.41) is 15.6. The first kappa shape index (κ1) is 27.1. The van der Waals surface area contributed by atoms with Crippen molar-refractivity contribution in [2.24, 2.45) is 0 Å². The predicted molar refractivity (Wildman–Crippen MR) is 143 cm³/mol. The Morgan fingerprint density at radius 2 is 1.85 bits per heavy atom. The van der Waals surface area contributed by atoms with Crippen molar-refractivity contribution in [3.8, 4) is 5.75 Å². The zero-order valence-corrected chi connectivity index (χ0v) is 23.0. The van der Waals surface area contributed by atoms with Crippen molar-refractivity contribution >= 4 is 51.0 Å². The third kappa shape index (κ3) is 4.45. The molecule has 2 amide bonds. The molecule has 202 valence electrons. The highest BCUT2D eigenvalue weighted by Gasteiger charge is 2.62.